The number of methoxy groups -OCH3 is 1. The highest BCUT2D eigenvalue weighted by atomic mass is 32.2. The number of ether oxygens (including phenoxy) is 1. The Hall–Kier alpha value is -3.98. The molecule has 0 aliphatic carbocycles. The second kappa shape index (κ2) is 11.0. The van der Waals surface area contributed by atoms with Crippen LogP contribution in [0.25, 0.3) is 17.1 Å². The summed E-state index contributed by atoms with van der Waals surface area (Å²) in [5.41, 5.74) is 3.26. The Morgan fingerprint density at radius 3 is 2.31 bits per heavy atom. The quantitative estimate of drug-likeness (QED) is 0.274. The van der Waals surface area contributed by atoms with Crippen LogP contribution >= 0.6 is 11.8 Å². The number of Topliss-reactive ketones (excluding diaryl/α,β-unsaturated/α-hetero) is 1. The molecule has 1 amide bonds. The van der Waals surface area contributed by atoms with Crippen LogP contribution in [0, 0.1) is 0 Å². The maximum absolute atomic E-state index is 12.9. The summed E-state index contributed by atoms with van der Waals surface area (Å²) in [6.45, 7) is 3.39. The first kappa shape index (κ1) is 24.2. The summed E-state index contributed by atoms with van der Waals surface area (Å²) in [5.74, 6) is 1.48. The van der Waals surface area contributed by atoms with E-state index >= 15 is 0 Å². The van der Waals surface area contributed by atoms with Crippen molar-refractivity contribution in [3.05, 3.63) is 84.2 Å². The number of amides is 1. The van der Waals surface area contributed by atoms with Crippen molar-refractivity contribution in [2.24, 2.45) is 0 Å². The molecule has 4 aromatic rings. The average molecular weight is 488 g/mol. The van der Waals surface area contributed by atoms with Gasteiger partial charge in [0.2, 0.25) is 5.91 Å². The third-order valence-electron chi connectivity index (χ3n) is 5.39. The lowest BCUT2D eigenvalue weighted by molar-refractivity contribution is -0.119. The minimum atomic E-state index is -0.124. The third kappa shape index (κ3) is 5.75. The Kier molecular flexibility index (Phi) is 7.57. The fourth-order valence-electron chi connectivity index (χ4n) is 3.57. The van der Waals surface area contributed by atoms with E-state index in [1.807, 2.05) is 60.0 Å². The third-order valence-corrected chi connectivity index (χ3v) is 6.32. The van der Waals surface area contributed by atoms with Gasteiger partial charge in [-0.3, -0.25) is 19.1 Å². The van der Waals surface area contributed by atoms with Gasteiger partial charge in [-0.2, -0.15) is 0 Å². The fourth-order valence-corrected chi connectivity index (χ4v) is 4.42. The molecule has 4 rings (SSSR count). The van der Waals surface area contributed by atoms with Gasteiger partial charge in [-0.1, -0.05) is 36.0 Å². The molecular formula is C26H25N5O3S. The highest BCUT2D eigenvalue weighted by Gasteiger charge is 2.18. The van der Waals surface area contributed by atoms with Gasteiger partial charge in [0.15, 0.2) is 16.8 Å². The monoisotopic (exact) mass is 487 g/mol. The van der Waals surface area contributed by atoms with E-state index in [-0.39, 0.29) is 23.5 Å². The molecular weight excluding hydrogens is 462 g/mol. The van der Waals surface area contributed by atoms with Gasteiger partial charge in [0.05, 0.1) is 18.9 Å². The molecule has 1 unspecified atom stereocenters. The highest BCUT2D eigenvalue weighted by Crippen LogP contribution is 2.29. The van der Waals surface area contributed by atoms with E-state index in [1.165, 1.54) is 18.7 Å². The normalized spacial score (nSPS) is 11.6. The number of carbonyl (C=O) groups excluding carboxylic acids is 2. The molecule has 0 aliphatic heterocycles. The first-order chi connectivity index (χ1) is 17.0. The number of benzene rings is 2. The van der Waals surface area contributed by atoms with Crippen LogP contribution in [0.4, 0.5) is 0 Å². The molecule has 0 saturated heterocycles. The Balaban J connectivity index is 1.55. The second-order valence-electron chi connectivity index (χ2n) is 7.83. The van der Waals surface area contributed by atoms with E-state index in [1.54, 1.807) is 31.6 Å². The first-order valence-corrected chi connectivity index (χ1v) is 12.0. The molecule has 2 aromatic heterocycles. The zero-order valence-electron chi connectivity index (χ0n) is 19.6. The molecule has 35 heavy (non-hydrogen) atoms. The lowest BCUT2D eigenvalue weighted by Crippen LogP contribution is -2.23. The second-order valence-corrected chi connectivity index (χ2v) is 8.77. The Morgan fingerprint density at radius 1 is 1.00 bits per heavy atom. The summed E-state index contributed by atoms with van der Waals surface area (Å²) in [7, 11) is 1.62. The van der Waals surface area contributed by atoms with Gasteiger partial charge in [-0.05, 0) is 48.9 Å². The van der Waals surface area contributed by atoms with Crippen molar-refractivity contribution in [2.45, 2.75) is 25.0 Å². The van der Waals surface area contributed by atoms with Crippen LogP contribution in [-0.2, 0) is 4.79 Å². The standard InChI is InChI=1S/C26H25N5O3S/c1-17(28-18(2)32)19-4-6-20(7-5-19)24(33)16-35-26-30-29-25(21-12-14-27-15-13-21)31(26)22-8-10-23(34-3)11-9-22/h4-15,17H,16H2,1-3H3,(H,28,32). The number of rotatable bonds is 9. The van der Waals surface area contributed by atoms with Crippen molar-refractivity contribution in [3.63, 3.8) is 0 Å². The fraction of sp³-hybridized carbons (Fsp3) is 0.192. The molecule has 0 saturated carbocycles. The van der Waals surface area contributed by atoms with E-state index in [0.29, 0.717) is 16.5 Å². The van der Waals surface area contributed by atoms with Crippen molar-refractivity contribution in [3.8, 4) is 22.8 Å². The number of hydrogen-bond acceptors (Lipinski definition) is 7. The lowest BCUT2D eigenvalue weighted by Gasteiger charge is -2.13. The molecule has 9 heteroatoms. The van der Waals surface area contributed by atoms with Crippen molar-refractivity contribution < 1.29 is 14.3 Å². The Labute approximate surface area is 207 Å². The van der Waals surface area contributed by atoms with E-state index in [9.17, 15) is 9.59 Å². The molecule has 0 spiro atoms. The molecule has 1 N–H and O–H groups in total. The van der Waals surface area contributed by atoms with Crippen LogP contribution in [0.1, 0.15) is 35.8 Å². The van der Waals surface area contributed by atoms with Crippen molar-refractivity contribution in [1.29, 1.82) is 0 Å². The summed E-state index contributed by atoms with van der Waals surface area (Å²) in [5, 5.41) is 12.2. The first-order valence-electron chi connectivity index (χ1n) is 11.0. The molecule has 2 aromatic carbocycles. The van der Waals surface area contributed by atoms with E-state index in [2.05, 4.69) is 20.5 Å². The number of nitrogens with one attached hydrogen (secondary N) is 1. The van der Waals surface area contributed by atoms with Gasteiger partial charge in [-0.15, -0.1) is 10.2 Å². The van der Waals surface area contributed by atoms with Crippen LogP contribution in [0.2, 0.25) is 0 Å². The predicted molar refractivity (Wildman–Crippen MR) is 135 cm³/mol. The van der Waals surface area contributed by atoms with E-state index < -0.39 is 0 Å². The highest BCUT2D eigenvalue weighted by molar-refractivity contribution is 7.99. The minimum Gasteiger partial charge on any atom is -0.497 e. The molecule has 178 valence electrons. The minimum absolute atomic E-state index is 0.0246. The summed E-state index contributed by atoms with van der Waals surface area (Å²) >= 11 is 1.33. The van der Waals surface area contributed by atoms with Gasteiger partial charge in [-0.25, -0.2) is 0 Å². The topological polar surface area (TPSA) is 99.0 Å². The average Bonchev–Trinajstić information content (AvgIpc) is 3.31. The SMILES string of the molecule is COc1ccc(-n2c(SCC(=O)c3ccc(C(C)NC(C)=O)cc3)nnc2-c2ccncc2)cc1. The van der Waals surface area contributed by atoms with Crippen LogP contribution in [-0.4, -0.2) is 44.3 Å². The van der Waals surface area contributed by atoms with Gasteiger partial charge in [0.1, 0.15) is 5.75 Å². The largest absolute Gasteiger partial charge is 0.497 e. The number of hydrogen-bond donors (Lipinski definition) is 1. The van der Waals surface area contributed by atoms with Crippen LogP contribution in [0.15, 0.2) is 78.2 Å². The van der Waals surface area contributed by atoms with Gasteiger partial charge in [0, 0.05) is 36.1 Å². The number of thioether (sulfide) groups is 1. The number of nitrogens with zero attached hydrogens (tertiary/aromatic N) is 4. The van der Waals surface area contributed by atoms with Gasteiger partial charge in [0.25, 0.3) is 0 Å². The molecule has 1 atom stereocenters. The number of carbonyl (C=O) groups is 2. The van der Waals surface area contributed by atoms with Gasteiger partial charge >= 0.3 is 0 Å². The predicted octanol–water partition coefficient (Wildman–Crippen LogP) is 4.51. The molecule has 2 heterocycles. The lowest BCUT2D eigenvalue weighted by atomic mass is 10.0. The van der Waals surface area contributed by atoms with Crippen LogP contribution in [0.5, 0.6) is 5.75 Å². The smallest absolute Gasteiger partial charge is 0.217 e. The van der Waals surface area contributed by atoms with Crippen molar-refractivity contribution in [1.82, 2.24) is 25.1 Å². The van der Waals surface area contributed by atoms with Crippen molar-refractivity contribution in [2.75, 3.05) is 12.9 Å². The number of aromatic nitrogens is 4. The molecule has 0 fully saturated rings. The molecule has 0 aliphatic rings. The van der Waals surface area contributed by atoms with Gasteiger partial charge < -0.3 is 10.1 Å². The maximum atomic E-state index is 12.9. The van der Waals surface area contributed by atoms with Crippen LogP contribution in [0.3, 0.4) is 0 Å². The number of pyridine rings is 1. The molecule has 0 radical (unpaired) electrons. The van der Waals surface area contributed by atoms with E-state index in [4.69, 9.17) is 4.74 Å². The zero-order chi connectivity index (χ0) is 24.8. The molecule has 8 nitrogen and oxygen atoms in total. The van der Waals surface area contributed by atoms with E-state index in [0.717, 1.165) is 22.6 Å². The maximum Gasteiger partial charge on any atom is 0.217 e. The molecule has 0 bridgehead atoms. The van der Waals surface area contributed by atoms with Crippen LogP contribution < -0.4 is 10.1 Å². The summed E-state index contributed by atoms with van der Waals surface area (Å²) in [4.78, 5) is 28.3. The summed E-state index contributed by atoms with van der Waals surface area (Å²) in [6.07, 6.45) is 3.41. The zero-order valence-corrected chi connectivity index (χ0v) is 20.5. The van der Waals surface area contributed by atoms with Crippen molar-refractivity contribution >= 4 is 23.5 Å². The summed E-state index contributed by atoms with van der Waals surface area (Å²) in [6, 6.07) is 18.5. The number of ketones is 1. The Bertz CT molecular complexity index is 1310. The summed E-state index contributed by atoms with van der Waals surface area (Å²) < 4.78 is 7.20. The Morgan fingerprint density at radius 2 is 1.69 bits per heavy atom.